The van der Waals surface area contributed by atoms with Crippen molar-refractivity contribution in [3.8, 4) is 0 Å². The highest BCUT2D eigenvalue weighted by atomic mass is 32.2. The Morgan fingerprint density at radius 3 is 2.35 bits per heavy atom. The van der Waals surface area contributed by atoms with E-state index in [-0.39, 0.29) is 17.8 Å². The van der Waals surface area contributed by atoms with Crippen LogP contribution in [0.15, 0.2) is 0 Å². The van der Waals surface area contributed by atoms with Gasteiger partial charge in [0.05, 0.1) is 5.75 Å². The molecule has 1 saturated carbocycles. The number of amides is 1. The lowest BCUT2D eigenvalue weighted by molar-refractivity contribution is -0.119. The van der Waals surface area contributed by atoms with Gasteiger partial charge in [-0.15, -0.1) is 0 Å². The van der Waals surface area contributed by atoms with E-state index in [2.05, 4.69) is 10.6 Å². The fourth-order valence-electron chi connectivity index (χ4n) is 1.85. The first-order chi connectivity index (χ1) is 7.84. The molecule has 1 atom stereocenters. The standard InChI is InChI=1S/C11H22N2O3S/c1-8(2)13-11(14)7-17(15,16)6-10(12-3)9-4-5-9/h8-10,12H,4-7H2,1-3H3,(H,13,14). The summed E-state index contributed by atoms with van der Waals surface area (Å²) in [4.78, 5) is 11.4. The third-order valence-corrected chi connectivity index (χ3v) is 4.36. The lowest BCUT2D eigenvalue weighted by Crippen LogP contribution is -2.40. The average Bonchev–Trinajstić information content (AvgIpc) is 2.94. The van der Waals surface area contributed by atoms with E-state index in [0.29, 0.717) is 5.92 Å². The zero-order chi connectivity index (χ0) is 13.1. The van der Waals surface area contributed by atoms with Crippen molar-refractivity contribution in [1.29, 1.82) is 0 Å². The molecule has 0 aromatic heterocycles. The molecule has 1 unspecified atom stereocenters. The van der Waals surface area contributed by atoms with Gasteiger partial charge in [0.15, 0.2) is 9.84 Å². The normalized spacial score (nSPS) is 18.1. The summed E-state index contributed by atoms with van der Waals surface area (Å²) in [6.07, 6.45) is 2.17. The number of hydrogen-bond acceptors (Lipinski definition) is 4. The Kier molecular flexibility index (Phi) is 4.94. The second kappa shape index (κ2) is 5.82. The van der Waals surface area contributed by atoms with E-state index in [9.17, 15) is 13.2 Å². The predicted molar refractivity (Wildman–Crippen MR) is 67.5 cm³/mol. The van der Waals surface area contributed by atoms with Crippen LogP contribution in [0.2, 0.25) is 0 Å². The van der Waals surface area contributed by atoms with Crippen LogP contribution in [0.4, 0.5) is 0 Å². The van der Waals surface area contributed by atoms with Crippen molar-refractivity contribution in [3.63, 3.8) is 0 Å². The highest BCUT2D eigenvalue weighted by molar-refractivity contribution is 7.92. The average molecular weight is 262 g/mol. The first kappa shape index (κ1) is 14.4. The number of carbonyl (C=O) groups excluding carboxylic acids is 1. The number of rotatable bonds is 7. The van der Waals surface area contributed by atoms with Crippen molar-refractivity contribution in [2.24, 2.45) is 5.92 Å². The van der Waals surface area contributed by atoms with E-state index in [1.54, 1.807) is 7.05 Å². The minimum absolute atomic E-state index is 0.00755. The second-order valence-corrected chi connectivity index (χ2v) is 7.12. The van der Waals surface area contributed by atoms with Gasteiger partial charge >= 0.3 is 0 Å². The molecule has 1 amide bonds. The Hall–Kier alpha value is -0.620. The zero-order valence-corrected chi connectivity index (χ0v) is 11.5. The van der Waals surface area contributed by atoms with Crippen molar-refractivity contribution in [3.05, 3.63) is 0 Å². The summed E-state index contributed by atoms with van der Waals surface area (Å²) >= 11 is 0. The molecule has 1 rings (SSSR count). The maximum Gasteiger partial charge on any atom is 0.235 e. The monoisotopic (exact) mass is 262 g/mol. The Morgan fingerprint density at radius 2 is 1.94 bits per heavy atom. The van der Waals surface area contributed by atoms with Crippen LogP contribution in [0.5, 0.6) is 0 Å². The SMILES string of the molecule is CNC(CS(=O)(=O)CC(=O)NC(C)C)C1CC1. The number of hydrogen-bond donors (Lipinski definition) is 2. The van der Waals surface area contributed by atoms with E-state index in [1.807, 2.05) is 13.8 Å². The molecule has 0 aromatic rings. The van der Waals surface area contributed by atoms with Crippen LogP contribution in [0, 0.1) is 5.92 Å². The minimum Gasteiger partial charge on any atom is -0.353 e. The molecule has 1 aliphatic rings. The molecular formula is C11H22N2O3S. The summed E-state index contributed by atoms with van der Waals surface area (Å²) < 4.78 is 23.6. The zero-order valence-electron chi connectivity index (χ0n) is 10.7. The van der Waals surface area contributed by atoms with Crippen molar-refractivity contribution in [2.45, 2.75) is 38.8 Å². The first-order valence-corrected chi connectivity index (χ1v) is 7.83. The number of carbonyl (C=O) groups is 1. The van der Waals surface area contributed by atoms with Gasteiger partial charge in [0.25, 0.3) is 0 Å². The molecule has 1 aliphatic carbocycles. The summed E-state index contributed by atoms with van der Waals surface area (Å²) in [7, 11) is -1.55. The quantitative estimate of drug-likeness (QED) is 0.673. The highest BCUT2D eigenvalue weighted by Gasteiger charge is 2.33. The molecule has 0 heterocycles. The van der Waals surface area contributed by atoms with Gasteiger partial charge in [-0.1, -0.05) is 0 Å². The summed E-state index contributed by atoms with van der Waals surface area (Å²) in [5.74, 6) is -0.302. The van der Waals surface area contributed by atoms with Gasteiger partial charge in [-0.2, -0.15) is 0 Å². The second-order valence-electron chi connectivity index (χ2n) is 5.01. The van der Waals surface area contributed by atoms with Crippen molar-refractivity contribution in [2.75, 3.05) is 18.6 Å². The number of nitrogens with one attached hydrogen (secondary N) is 2. The lowest BCUT2D eigenvalue weighted by atomic mass is 10.2. The molecule has 1 fully saturated rings. The molecule has 0 saturated heterocycles. The van der Waals surface area contributed by atoms with Crippen molar-refractivity contribution < 1.29 is 13.2 Å². The minimum atomic E-state index is -3.32. The van der Waals surface area contributed by atoms with Crippen LogP contribution in [0.1, 0.15) is 26.7 Å². The van der Waals surface area contributed by atoms with Gasteiger partial charge in [0.1, 0.15) is 5.75 Å². The Labute approximate surface area is 103 Å². The van der Waals surface area contributed by atoms with E-state index in [0.717, 1.165) is 12.8 Å². The molecule has 17 heavy (non-hydrogen) atoms. The van der Waals surface area contributed by atoms with Gasteiger partial charge in [0, 0.05) is 12.1 Å². The lowest BCUT2D eigenvalue weighted by Gasteiger charge is -2.15. The Balaban J connectivity index is 2.47. The summed E-state index contributed by atoms with van der Waals surface area (Å²) in [6.45, 7) is 3.62. The summed E-state index contributed by atoms with van der Waals surface area (Å²) in [6, 6.07) is -0.0342. The van der Waals surface area contributed by atoms with E-state index in [1.165, 1.54) is 0 Å². The fraction of sp³-hybridized carbons (Fsp3) is 0.909. The van der Waals surface area contributed by atoms with Crippen LogP contribution < -0.4 is 10.6 Å². The summed E-state index contributed by atoms with van der Waals surface area (Å²) in [5, 5.41) is 5.62. The van der Waals surface area contributed by atoms with Crippen LogP contribution >= 0.6 is 0 Å². The van der Waals surface area contributed by atoms with Crippen LogP contribution in [-0.4, -0.2) is 45.0 Å². The van der Waals surface area contributed by atoms with Crippen LogP contribution in [0.3, 0.4) is 0 Å². The van der Waals surface area contributed by atoms with Gasteiger partial charge in [-0.3, -0.25) is 4.79 Å². The maximum atomic E-state index is 11.8. The van der Waals surface area contributed by atoms with Gasteiger partial charge < -0.3 is 10.6 Å². The van der Waals surface area contributed by atoms with Crippen LogP contribution in [0.25, 0.3) is 0 Å². The Bertz CT molecular complexity index is 361. The molecular weight excluding hydrogens is 240 g/mol. The third kappa shape index (κ3) is 5.50. The molecule has 100 valence electrons. The molecule has 0 aromatic carbocycles. The van der Waals surface area contributed by atoms with E-state index in [4.69, 9.17) is 0 Å². The molecule has 5 nitrogen and oxygen atoms in total. The van der Waals surface area contributed by atoms with Crippen molar-refractivity contribution in [1.82, 2.24) is 10.6 Å². The molecule has 0 aliphatic heterocycles. The van der Waals surface area contributed by atoms with E-state index < -0.39 is 21.5 Å². The highest BCUT2D eigenvalue weighted by Crippen LogP contribution is 2.33. The third-order valence-electron chi connectivity index (χ3n) is 2.80. The number of sulfone groups is 1. The predicted octanol–water partition coefficient (Wildman–Crippen LogP) is -0.0762. The fourth-order valence-corrected chi connectivity index (χ4v) is 3.44. The molecule has 2 N–H and O–H groups in total. The molecule has 6 heteroatoms. The largest absolute Gasteiger partial charge is 0.353 e. The molecule has 0 spiro atoms. The molecule has 0 bridgehead atoms. The maximum absolute atomic E-state index is 11.8. The smallest absolute Gasteiger partial charge is 0.235 e. The van der Waals surface area contributed by atoms with Gasteiger partial charge in [-0.25, -0.2) is 8.42 Å². The molecule has 0 radical (unpaired) electrons. The topological polar surface area (TPSA) is 75.3 Å². The Morgan fingerprint density at radius 1 is 1.35 bits per heavy atom. The first-order valence-electron chi connectivity index (χ1n) is 6.01. The van der Waals surface area contributed by atoms with Crippen molar-refractivity contribution >= 4 is 15.7 Å². The van der Waals surface area contributed by atoms with E-state index >= 15 is 0 Å². The van der Waals surface area contributed by atoms with Gasteiger partial charge in [-0.05, 0) is 39.7 Å². The summed E-state index contributed by atoms with van der Waals surface area (Å²) in [5.41, 5.74) is 0. The van der Waals surface area contributed by atoms with Gasteiger partial charge in [0.2, 0.25) is 5.91 Å². The van der Waals surface area contributed by atoms with Crippen LogP contribution in [-0.2, 0) is 14.6 Å².